The van der Waals surface area contributed by atoms with Crippen molar-refractivity contribution in [3.8, 4) is 28.7 Å². The Kier molecular flexibility index (Phi) is 8.02. The molecule has 0 bridgehead atoms. The maximum Gasteiger partial charge on any atom is 0.335 e. The topological polar surface area (TPSA) is 122 Å². The molecule has 194 valence electrons. The number of aromatic nitrogens is 3. The van der Waals surface area contributed by atoms with E-state index >= 15 is 0 Å². The zero-order chi connectivity index (χ0) is 27.1. The zero-order valence-corrected chi connectivity index (χ0v) is 21.0. The Balaban J connectivity index is 1.49. The van der Waals surface area contributed by atoms with Crippen LogP contribution >= 0.6 is 0 Å². The molecule has 0 aliphatic heterocycles. The van der Waals surface area contributed by atoms with Crippen molar-refractivity contribution in [1.82, 2.24) is 15.0 Å². The van der Waals surface area contributed by atoms with Gasteiger partial charge in [-0.1, -0.05) is 23.4 Å². The summed E-state index contributed by atoms with van der Waals surface area (Å²) in [6, 6.07) is 16.6. The van der Waals surface area contributed by atoms with Crippen molar-refractivity contribution < 1.29 is 33.6 Å². The molecule has 38 heavy (non-hydrogen) atoms. The van der Waals surface area contributed by atoms with Gasteiger partial charge in [-0.3, -0.25) is 4.79 Å². The molecule has 10 nitrogen and oxygen atoms in total. The van der Waals surface area contributed by atoms with Crippen molar-refractivity contribution in [2.24, 2.45) is 0 Å². The number of hydrogen-bond donors (Lipinski definition) is 1. The Morgan fingerprint density at radius 2 is 1.63 bits per heavy atom. The van der Waals surface area contributed by atoms with Crippen molar-refractivity contribution in [2.75, 3.05) is 21.3 Å². The second kappa shape index (κ2) is 11.7. The smallest absolute Gasteiger partial charge is 0.335 e. The molecule has 3 aromatic carbocycles. The number of methoxy groups -OCH3 is 3. The summed E-state index contributed by atoms with van der Waals surface area (Å²) in [7, 11) is 4.56. The van der Waals surface area contributed by atoms with E-state index in [0.717, 1.165) is 0 Å². The molecule has 4 aromatic rings. The molecular formula is C28H25N3O7. The number of rotatable bonds is 11. The minimum absolute atomic E-state index is 0.0729. The predicted octanol–water partition coefficient (Wildman–Crippen LogP) is 4.47. The van der Waals surface area contributed by atoms with Gasteiger partial charge in [0, 0.05) is 5.56 Å². The Labute approximate surface area is 218 Å². The van der Waals surface area contributed by atoms with Crippen molar-refractivity contribution in [3.05, 3.63) is 95.3 Å². The summed E-state index contributed by atoms with van der Waals surface area (Å²) in [5, 5.41) is 17.2. The summed E-state index contributed by atoms with van der Waals surface area (Å²) in [5.41, 5.74) is 2.55. The maximum atomic E-state index is 12.6. The molecule has 0 atom stereocenters. The largest absolute Gasteiger partial charge is 0.497 e. The molecule has 0 unspecified atom stereocenters. The van der Waals surface area contributed by atoms with Gasteiger partial charge in [-0.05, 0) is 60.2 Å². The number of ether oxygens (including phenoxy) is 4. The normalized spacial score (nSPS) is 10.8. The van der Waals surface area contributed by atoms with E-state index in [2.05, 4.69) is 10.3 Å². The fourth-order valence-corrected chi connectivity index (χ4v) is 3.58. The van der Waals surface area contributed by atoms with E-state index in [4.69, 9.17) is 24.1 Å². The molecule has 1 N–H and O–H groups in total. The molecule has 0 saturated carbocycles. The molecule has 0 saturated heterocycles. The minimum atomic E-state index is -1.00. The second-order valence-corrected chi connectivity index (χ2v) is 7.98. The number of carbonyl (C=O) groups excluding carboxylic acids is 1. The second-order valence-electron chi connectivity index (χ2n) is 7.98. The molecule has 4 rings (SSSR count). The third-order valence-corrected chi connectivity index (χ3v) is 5.55. The van der Waals surface area contributed by atoms with E-state index in [1.807, 2.05) is 0 Å². The van der Waals surface area contributed by atoms with Crippen molar-refractivity contribution in [2.45, 2.75) is 6.61 Å². The fourth-order valence-electron chi connectivity index (χ4n) is 3.58. The molecular weight excluding hydrogens is 490 g/mol. The third-order valence-electron chi connectivity index (χ3n) is 5.55. The molecule has 1 aromatic heterocycles. The van der Waals surface area contributed by atoms with Crippen molar-refractivity contribution in [1.29, 1.82) is 0 Å². The van der Waals surface area contributed by atoms with Crippen LogP contribution in [-0.4, -0.2) is 53.2 Å². The Hall–Kier alpha value is -5.12. The van der Waals surface area contributed by atoms with Crippen LogP contribution in [0.2, 0.25) is 0 Å². The van der Waals surface area contributed by atoms with Crippen LogP contribution in [0.1, 0.15) is 32.0 Å². The summed E-state index contributed by atoms with van der Waals surface area (Å²) >= 11 is 0. The summed E-state index contributed by atoms with van der Waals surface area (Å²) in [6.45, 7) is 0.0729. The van der Waals surface area contributed by atoms with Crippen LogP contribution in [0.5, 0.6) is 23.0 Å². The monoisotopic (exact) mass is 515 g/mol. The van der Waals surface area contributed by atoms with Crippen LogP contribution in [0.15, 0.2) is 72.9 Å². The van der Waals surface area contributed by atoms with Gasteiger partial charge < -0.3 is 24.1 Å². The van der Waals surface area contributed by atoms with E-state index in [1.54, 1.807) is 67.9 Å². The lowest BCUT2D eigenvalue weighted by molar-refractivity contribution is 0.0696. The molecule has 0 radical (unpaired) electrons. The minimum Gasteiger partial charge on any atom is -0.497 e. The summed E-state index contributed by atoms with van der Waals surface area (Å²) < 4.78 is 23.7. The highest BCUT2D eigenvalue weighted by Gasteiger charge is 2.15. The molecule has 0 amide bonds. The molecule has 1 heterocycles. The molecule has 0 fully saturated rings. The van der Waals surface area contributed by atoms with E-state index < -0.39 is 5.97 Å². The van der Waals surface area contributed by atoms with Gasteiger partial charge in [-0.15, -0.1) is 5.10 Å². The summed E-state index contributed by atoms with van der Waals surface area (Å²) in [6.07, 6.45) is 4.80. The van der Waals surface area contributed by atoms with E-state index in [-0.39, 0.29) is 18.0 Å². The van der Waals surface area contributed by atoms with Crippen molar-refractivity contribution >= 4 is 17.8 Å². The Morgan fingerprint density at radius 3 is 2.26 bits per heavy atom. The number of benzene rings is 3. The number of aromatic carboxylic acids is 1. The number of carbonyl (C=O) groups is 2. The molecule has 0 aliphatic rings. The van der Waals surface area contributed by atoms with Gasteiger partial charge in [0.05, 0.1) is 38.8 Å². The molecule has 0 aliphatic carbocycles. The predicted molar refractivity (Wildman–Crippen MR) is 139 cm³/mol. The van der Waals surface area contributed by atoms with Crippen LogP contribution in [0.25, 0.3) is 11.8 Å². The zero-order valence-electron chi connectivity index (χ0n) is 21.0. The van der Waals surface area contributed by atoms with Crippen LogP contribution in [0, 0.1) is 0 Å². The van der Waals surface area contributed by atoms with Gasteiger partial charge in [0.2, 0.25) is 5.75 Å². The van der Waals surface area contributed by atoms with E-state index in [9.17, 15) is 9.59 Å². The first-order valence-electron chi connectivity index (χ1n) is 11.4. The molecule has 10 heteroatoms. The first kappa shape index (κ1) is 26.0. The first-order chi connectivity index (χ1) is 18.4. The maximum absolute atomic E-state index is 12.6. The number of ketones is 1. The van der Waals surface area contributed by atoms with E-state index in [0.29, 0.717) is 45.5 Å². The third kappa shape index (κ3) is 5.98. The van der Waals surface area contributed by atoms with Gasteiger partial charge >= 0.3 is 5.97 Å². The van der Waals surface area contributed by atoms with Crippen LogP contribution in [-0.2, 0) is 6.61 Å². The first-order valence-corrected chi connectivity index (χ1v) is 11.4. The number of hydrogen-bond acceptors (Lipinski definition) is 8. The Bertz CT molecular complexity index is 1450. The van der Waals surface area contributed by atoms with Crippen LogP contribution < -0.4 is 18.9 Å². The van der Waals surface area contributed by atoms with Gasteiger partial charge in [0.25, 0.3) is 0 Å². The highest BCUT2D eigenvalue weighted by atomic mass is 16.5. The average molecular weight is 516 g/mol. The number of nitrogens with zero attached hydrogens (tertiary/aromatic N) is 3. The number of allylic oxidation sites excluding steroid dienone is 1. The highest BCUT2D eigenvalue weighted by Crippen LogP contribution is 2.39. The SMILES string of the molecule is COc1cccc(C(=O)/C=C/c2cc(OC)c(OCc3cn(-c4ccc(C(=O)O)cc4)nn3)c(OC)c2)c1. The van der Waals surface area contributed by atoms with Gasteiger partial charge in [0.1, 0.15) is 18.1 Å². The highest BCUT2D eigenvalue weighted by molar-refractivity contribution is 6.07. The number of carboxylic acids is 1. The van der Waals surface area contributed by atoms with Gasteiger partial charge in [0.15, 0.2) is 17.3 Å². The van der Waals surface area contributed by atoms with Crippen molar-refractivity contribution in [3.63, 3.8) is 0 Å². The van der Waals surface area contributed by atoms with Crippen LogP contribution in [0.4, 0.5) is 0 Å². The van der Waals surface area contributed by atoms with Crippen LogP contribution in [0.3, 0.4) is 0 Å². The lowest BCUT2D eigenvalue weighted by atomic mass is 10.1. The standard InChI is InChI=1S/C28H25N3O7/c1-35-23-6-4-5-20(15-23)24(32)12-7-18-13-25(36-2)27(26(14-18)37-3)38-17-21-16-31(30-29-21)22-10-8-19(9-11-22)28(33)34/h4-16H,17H2,1-3H3,(H,33,34)/b12-7+. The lowest BCUT2D eigenvalue weighted by Crippen LogP contribution is -2.01. The Morgan fingerprint density at radius 1 is 0.921 bits per heavy atom. The lowest BCUT2D eigenvalue weighted by Gasteiger charge is -2.14. The van der Waals surface area contributed by atoms with E-state index in [1.165, 1.54) is 37.1 Å². The summed E-state index contributed by atoms with van der Waals surface area (Å²) in [4.78, 5) is 23.7. The molecule has 0 spiro atoms. The average Bonchev–Trinajstić information content (AvgIpc) is 3.43. The van der Waals surface area contributed by atoms with Gasteiger partial charge in [-0.25, -0.2) is 9.48 Å². The fraction of sp³-hybridized carbons (Fsp3) is 0.143. The van der Waals surface area contributed by atoms with Gasteiger partial charge in [-0.2, -0.15) is 0 Å². The number of carboxylic acid groups (broad SMARTS) is 1. The summed E-state index contributed by atoms with van der Waals surface area (Å²) in [5.74, 6) is 0.612. The quantitative estimate of drug-likeness (QED) is 0.228.